The number of nitrogens with zero attached hydrogens (tertiary/aromatic N) is 1. The average molecular weight is 279 g/mol. The van der Waals surface area contributed by atoms with Crippen LogP contribution in [0.25, 0.3) is 0 Å². The van der Waals surface area contributed by atoms with Crippen LogP contribution < -0.4 is 4.90 Å². The number of methoxy groups -OCH3 is 1. The van der Waals surface area contributed by atoms with E-state index in [0.717, 1.165) is 37.1 Å². The first-order chi connectivity index (χ1) is 9.69. The van der Waals surface area contributed by atoms with Crippen molar-refractivity contribution < 1.29 is 9.84 Å². The maximum atomic E-state index is 10.3. The zero-order valence-electron chi connectivity index (χ0n) is 13.3. The molecule has 20 heavy (non-hydrogen) atoms. The van der Waals surface area contributed by atoms with Gasteiger partial charge in [-0.2, -0.15) is 0 Å². The van der Waals surface area contributed by atoms with Gasteiger partial charge >= 0.3 is 0 Å². The molecule has 1 aromatic carbocycles. The van der Waals surface area contributed by atoms with Crippen LogP contribution in [0.2, 0.25) is 0 Å². The van der Waals surface area contributed by atoms with Crippen LogP contribution in [0.4, 0.5) is 5.69 Å². The highest BCUT2D eigenvalue weighted by Crippen LogP contribution is 2.30. The standard InChI is InChI=1S/C17H29NO2/c1-5-14(6-2)18(12-13-20-4)16-11-9-8-10-15(16)17(19)7-3/h8-11,14,17,19H,5-7,12-13H2,1-4H3/t17-/m1/s1. The van der Waals surface area contributed by atoms with Crippen molar-refractivity contribution in [1.29, 1.82) is 0 Å². The van der Waals surface area contributed by atoms with Gasteiger partial charge in [-0.25, -0.2) is 0 Å². The Morgan fingerprint density at radius 2 is 1.75 bits per heavy atom. The van der Waals surface area contributed by atoms with Crippen LogP contribution in [0.1, 0.15) is 51.7 Å². The van der Waals surface area contributed by atoms with Gasteiger partial charge in [0.2, 0.25) is 0 Å². The predicted octanol–water partition coefficient (Wildman–Crippen LogP) is 3.77. The van der Waals surface area contributed by atoms with Crippen LogP contribution in [0.15, 0.2) is 24.3 Å². The fraction of sp³-hybridized carbons (Fsp3) is 0.647. The van der Waals surface area contributed by atoms with E-state index < -0.39 is 6.10 Å². The molecule has 0 unspecified atom stereocenters. The van der Waals surface area contributed by atoms with Crippen molar-refractivity contribution in [1.82, 2.24) is 0 Å². The van der Waals surface area contributed by atoms with Gasteiger partial charge in [-0.15, -0.1) is 0 Å². The Kier molecular flexibility index (Phi) is 7.63. The second kappa shape index (κ2) is 8.98. The lowest BCUT2D eigenvalue weighted by Gasteiger charge is -2.34. The second-order valence-electron chi connectivity index (χ2n) is 5.14. The van der Waals surface area contributed by atoms with Crippen molar-refractivity contribution in [3.8, 4) is 0 Å². The summed E-state index contributed by atoms with van der Waals surface area (Å²) in [5.41, 5.74) is 2.17. The molecule has 1 aromatic rings. The lowest BCUT2D eigenvalue weighted by Crippen LogP contribution is -2.37. The molecule has 0 fully saturated rings. The summed E-state index contributed by atoms with van der Waals surface area (Å²) in [6, 6.07) is 8.67. The number of aliphatic hydroxyl groups is 1. The van der Waals surface area contributed by atoms with E-state index in [1.54, 1.807) is 7.11 Å². The molecule has 0 bridgehead atoms. The molecule has 0 spiro atoms. The molecule has 1 N–H and O–H groups in total. The molecular weight excluding hydrogens is 250 g/mol. The van der Waals surface area contributed by atoms with E-state index >= 15 is 0 Å². The number of benzene rings is 1. The fourth-order valence-electron chi connectivity index (χ4n) is 2.67. The summed E-state index contributed by atoms with van der Waals surface area (Å²) in [4.78, 5) is 2.39. The van der Waals surface area contributed by atoms with Gasteiger partial charge in [0.15, 0.2) is 0 Å². The van der Waals surface area contributed by atoms with Crippen molar-refractivity contribution in [3.63, 3.8) is 0 Å². The molecule has 0 aromatic heterocycles. The van der Waals surface area contributed by atoms with Crippen molar-refractivity contribution in [2.45, 2.75) is 52.2 Å². The number of hydrogen-bond acceptors (Lipinski definition) is 3. The SMILES string of the molecule is CCC(CC)N(CCOC)c1ccccc1[C@H](O)CC. The smallest absolute Gasteiger partial charge is 0.0807 e. The first-order valence-corrected chi connectivity index (χ1v) is 7.72. The Hall–Kier alpha value is -1.06. The first kappa shape index (κ1) is 17.0. The summed E-state index contributed by atoms with van der Waals surface area (Å²) < 4.78 is 5.26. The van der Waals surface area contributed by atoms with Crippen LogP contribution in [0.5, 0.6) is 0 Å². The molecule has 1 rings (SSSR count). The summed E-state index contributed by atoms with van der Waals surface area (Å²) in [7, 11) is 1.73. The fourth-order valence-corrected chi connectivity index (χ4v) is 2.67. The van der Waals surface area contributed by atoms with E-state index in [-0.39, 0.29) is 0 Å². The summed E-state index contributed by atoms with van der Waals surface area (Å²) in [5, 5.41) is 10.3. The lowest BCUT2D eigenvalue weighted by atomic mass is 10.0. The van der Waals surface area contributed by atoms with E-state index in [0.29, 0.717) is 12.6 Å². The Labute approximate surface area is 123 Å². The third-order valence-corrected chi connectivity index (χ3v) is 3.91. The molecule has 0 aliphatic heterocycles. The van der Waals surface area contributed by atoms with Gasteiger partial charge in [0.25, 0.3) is 0 Å². The predicted molar refractivity (Wildman–Crippen MR) is 85.3 cm³/mol. The minimum absolute atomic E-state index is 0.398. The quantitative estimate of drug-likeness (QED) is 0.747. The summed E-state index contributed by atoms with van der Waals surface area (Å²) >= 11 is 0. The Morgan fingerprint density at radius 1 is 1.10 bits per heavy atom. The highest BCUT2D eigenvalue weighted by atomic mass is 16.5. The first-order valence-electron chi connectivity index (χ1n) is 7.72. The molecule has 0 saturated heterocycles. The lowest BCUT2D eigenvalue weighted by molar-refractivity contribution is 0.173. The minimum Gasteiger partial charge on any atom is -0.388 e. The molecule has 0 radical (unpaired) electrons. The van der Waals surface area contributed by atoms with Gasteiger partial charge in [0, 0.05) is 30.9 Å². The monoisotopic (exact) mass is 279 g/mol. The van der Waals surface area contributed by atoms with Gasteiger partial charge in [0.1, 0.15) is 0 Å². The molecule has 3 heteroatoms. The van der Waals surface area contributed by atoms with Crippen LogP contribution in [-0.2, 0) is 4.74 Å². The Bertz CT molecular complexity index is 377. The molecular formula is C17H29NO2. The molecule has 0 aliphatic carbocycles. The third kappa shape index (κ3) is 4.22. The highest BCUT2D eigenvalue weighted by Gasteiger charge is 2.20. The maximum absolute atomic E-state index is 10.3. The van der Waals surface area contributed by atoms with Crippen molar-refractivity contribution >= 4 is 5.69 Å². The van der Waals surface area contributed by atoms with Crippen molar-refractivity contribution in [2.24, 2.45) is 0 Å². The highest BCUT2D eigenvalue weighted by molar-refractivity contribution is 5.55. The van der Waals surface area contributed by atoms with Gasteiger partial charge in [-0.3, -0.25) is 0 Å². The zero-order chi connectivity index (χ0) is 15.0. The van der Waals surface area contributed by atoms with Crippen molar-refractivity contribution in [2.75, 3.05) is 25.2 Å². The number of para-hydroxylation sites is 1. The largest absolute Gasteiger partial charge is 0.388 e. The minimum atomic E-state index is -0.398. The summed E-state index contributed by atoms with van der Waals surface area (Å²) in [6.07, 6.45) is 2.52. The van der Waals surface area contributed by atoms with Crippen LogP contribution in [0, 0.1) is 0 Å². The number of aliphatic hydroxyl groups excluding tert-OH is 1. The Balaban J connectivity index is 3.11. The summed E-state index contributed by atoms with van der Waals surface area (Å²) in [5.74, 6) is 0. The average Bonchev–Trinajstić information content (AvgIpc) is 2.50. The van der Waals surface area contributed by atoms with E-state index in [9.17, 15) is 5.11 Å². The molecule has 1 atom stereocenters. The zero-order valence-corrected chi connectivity index (χ0v) is 13.3. The van der Waals surface area contributed by atoms with E-state index in [1.165, 1.54) is 0 Å². The summed E-state index contributed by atoms with van der Waals surface area (Å²) in [6.45, 7) is 8.00. The molecule has 0 aliphatic rings. The van der Waals surface area contributed by atoms with Crippen LogP contribution in [-0.4, -0.2) is 31.4 Å². The van der Waals surface area contributed by atoms with E-state index in [1.807, 2.05) is 25.1 Å². The second-order valence-corrected chi connectivity index (χ2v) is 5.14. The number of anilines is 1. The van der Waals surface area contributed by atoms with Crippen LogP contribution in [0.3, 0.4) is 0 Å². The van der Waals surface area contributed by atoms with Gasteiger partial charge in [-0.05, 0) is 25.3 Å². The van der Waals surface area contributed by atoms with Crippen molar-refractivity contribution in [3.05, 3.63) is 29.8 Å². The van der Waals surface area contributed by atoms with Gasteiger partial charge < -0.3 is 14.7 Å². The van der Waals surface area contributed by atoms with E-state index in [4.69, 9.17) is 4.74 Å². The van der Waals surface area contributed by atoms with Gasteiger partial charge in [-0.1, -0.05) is 39.0 Å². The van der Waals surface area contributed by atoms with Crippen LogP contribution >= 0.6 is 0 Å². The van der Waals surface area contributed by atoms with Gasteiger partial charge in [0.05, 0.1) is 12.7 Å². The van der Waals surface area contributed by atoms with E-state index in [2.05, 4.69) is 24.8 Å². The number of rotatable bonds is 9. The molecule has 114 valence electrons. The maximum Gasteiger partial charge on any atom is 0.0807 e. The normalized spacial score (nSPS) is 12.7. The molecule has 0 heterocycles. The molecule has 0 amide bonds. The third-order valence-electron chi connectivity index (χ3n) is 3.91. The molecule has 3 nitrogen and oxygen atoms in total. The molecule has 0 saturated carbocycles. The topological polar surface area (TPSA) is 32.7 Å². The Morgan fingerprint density at radius 3 is 2.30 bits per heavy atom. The number of ether oxygens (including phenoxy) is 1. The number of hydrogen-bond donors (Lipinski definition) is 1.